The van der Waals surface area contributed by atoms with E-state index in [1.165, 1.54) is 16.4 Å². The largest absolute Gasteiger partial charge is 0.339 e. The zero-order chi connectivity index (χ0) is 18.9. The van der Waals surface area contributed by atoms with Crippen molar-refractivity contribution in [2.45, 2.75) is 23.7 Å². The van der Waals surface area contributed by atoms with Crippen molar-refractivity contribution in [1.29, 1.82) is 0 Å². The fourth-order valence-corrected chi connectivity index (χ4v) is 4.71. The van der Waals surface area contributed by atoms with E-state index in [-0.39, 0.29) is 10.8 Å². The van der Waals surface area contributed by atoms with Gasteiger partial charge in [0.2, 0.25) is 21.7 Å². The summed E-state index contributed by atoms with van der Waals surface area (Å²) in [6, 6.07) is 9.86. The molecule has 4 rings (SSSR count). The maximum atomic E-state index is 12.8. The Hall–Kier alpha value is -2.29. The average Bonchev–Trinajstić information content (AvgIpc) is 3.19. The molecule has 2 aromatic heterocycles. The Labute approximate surface area is 162 Å². The first-order valence-electron chi connectivity index (χ1n) is 8.54. The first kappa shape index (κ1) is 18.1. The van der Waals surface area contributed by atoms with Crippen molar-refractivity contribution in [3.05, 3.63) is 59.7 Å². The van der Waals surface area contributed by atoms with E-state index in [4.69, 9.17) is 16.1 Å². The third-order valence-electron chi connectivity index (χ3n) is 4.63. The number of benzene rings is 1. The fourth-order valence-electron chi connectivity index (χ4n) is 3.12. The lowest BCUT2D eigenvalue weighted by molar-refractivity contribution is 0.271. The molecule has 0 unspecified atom stereocenters. The molecule has 1 aliphatic rings. The second kappa shape index (κ2) is 7.38. The van der Waals surface area contributed by atoms with Crippen molar-refractivity contribution in [3.63, 3.8) is 0 Å². The molecule has 27 heavy (non-hydrogen) atoms. The second-order valence-corrected chi connectivity index (χ2v) is 8.70. The molecule has 1 aliphatic heterocycles. The molecule has 0 atom stereocenters. The van der Waals surface area contributed by atoms with Crippen LogP contribution in [0.25, 0.3) is 11.4 Å². The quantitative estimate of drug-likeness (QED) is 0.662. The van der Waals surface area contributed by atoms with Gasteiger partial charge in [-0.15, -0.1) is 0 Å². The van der Waals surface area contributed by atoms with E-state index in [0.717, 1.165) is 5.56 Å². The third-order valence-corrected chi connectivity index (χ3v) is 6.80. The van der Waals surface area contributed by atoms with Crippen LogP contribution < -0.4 is 0 Å². The van der Waals surface area contributed by atoms with Crippen molar-refractivity contribution < 1.29 is 12.9 Å². The number of piperidine rings is 1. The Balaban J connectivity index is 1.45. The maximum Gasteiger partial charge on any atom is 0.243 e. The van der Waals surface area contributed by atoms with Gasteiger partial charge in [-0.1, -0.05) is 16.8 Å². The Bertz CT molecular complexity index is 1010. The monoisotopic (exact) mass is 404 g/mol. The summed E-state index contributed by atoms with van der Waals surface area (Å²) in [6.45, 7) is 0.811. The molecule has 0 N–H and O–H groups in total. The van der Waals surface area contributed by atoms with Crippen molar-refractivity contribution in [3.8, 4) is 11.4 Å². The normalized spacial score (nSPS) is 16.5. The van der Waals surface area contributed by atoms with E-state index in [1.54, 1.807) is 24.5 Å². The van der Waals surface area contributed by atoms with E-state index in [2.05, 4.69) is 15.1 Å². The van der Waals surface area contributed by atoms with Crippen LogP contribution in [-0.4, -0.2) is 40.9 Å². The number of pyridine rings is 1. The molecular formula is C18H17ClN4O3S. The summed E-state index contributed by atoms with van der Waals surface area (Å²) in [5, 5.41) is 4.54. The number of halogens is 1. The average molecular weight is 405 g/mol. The number of nitrogens with zero attached hydrogens (tertiary/aromatic N) is 4. The smallest absolute Gasteiger partial charge is 0.243 e. The van der Waals surface area contributed by atoms with Gasteiger partial charge in [0.1, 0.15) is 0 Å². The molecule has 0 spiro atoms. The summed E-state index contributed by atoms with van der Waals surface area (Å²) in [6.07, 6.45) is 4.60. The molecule has 1 saturated heterocycles. The highest BCUT2D eigenvalue weighted by atomic mass is 35.5. The number of rotatable bonds is 4. The summed E-state index contributed by atoms with van der Waals surface area (Å²) >= 11 is 5.85. The summed E-state index contributed by atoms with van der Waals surface area (Å²) < 4.78 is 32.4. The molecule has 1 aromatic carbocycles. The van der Waals surface area contributed by atoms with E-state index >= 15 is 0 Å². The van der Waals surface area contributed by atoms with Crippen LogP contribution >= 0.6 is 11.6 Å². The maximum absolute atomic E-state index is 12.8. The van der Waals surface area contributed by atoms with Gasteiger partial charge < -0.3 is 4.52 Å². The van der Waals surface area contributed by atoms with Gasteiger partial charge in [-0.3, -0.25) is 4.98 Å². The highest BCUT2D eigenvalue weighted by Gasteiger charge is 2.32. The molecule has 9 heteroatoms. The van der Waals surface area contributed by atoms with Gasteiger partial charge in [-0.05, 0) is 49.2 Å². The molecule has 0 saturated carbocycles. The highest BCUT2D eigenvalue weighted by Crippen LogP contribution is 2.31. The number of aromatic nitrogens is 3. The van der Waals surface area contributed by atoms with Crippen LogP contribution in [-0.2, 0) is 10.0 Å². The first-order chi connectivity index (χ1) is 13.0. The molecule has 0 amide bonds. The van der Waals surface area contributed by atoms with E-state index in [0.29, 0.717) is 42.7 Å². The fraction of sp³-hybridized carbons (Fsp3) is 0.278. The predicted octanol–water partition coefficient (Wildman–Crippen LogP) is 3.35. The van der Waals surface area contributed by atoms with Crippen molar-refractivity contribution in [1.82, 2.24) is 19.4 Å². The van der Waals surface area contributed by atoms with Crippen LogP contribution in [0.2, 0.25) is 5.02 Å². The molecule has 7 nitrogen and oxygen atoms in total. The van der Waals surface area contributed by atoms with Crippen molar-refractivity contribution >= 4 is 21.6 Å². The first-order valence-corrected chi connectivity index (χ1v) is 10.4. The lowest BCUT2D eigenvalue weighted by Gasteiger charge is -2.29. The van der Waals surface area contributed by atoms with Gasteiger partial charge in [0, 0.05) is 42.0 Å². The molecule has 0 radical (unpaired) electrons. The van der Waals surface area contributed by atoms with Crippen LogP contribution in [0, 0.1) is 0 Å². The van der Waals surface area contributed by atoms with Crippen LogP contribution in [0.15, 0.2) is 58.2 Å². The molecule has 3 aromatic rings. The van der Waals surface area contributed by atoms with Crippen molar-refractivity contribution in [2.24, 2.45) is 0 Å². The zero-order valence-electron chi connectivity index (χ0n) is 14.3. The molecule has 3 heterocycles. The molecule has 140 valence electrons. The SMILES string of the molecule is O=S(=O)(c1ccc(Cl)cc1)N1CCC(c2nc(-c3ccncc3)no2)CC1. The van der Waals surface area contributed by atoms with Gasteiger partial charge in [-0.2, -0.15) is 9.29 Å². The van der Waals surface area contributed by atoms with Gasteiger partial charge in [-0.25, -0.2) is 8.42 Å². The highest BCUT2D eigenvalue weighted by molar-refractivity contribution is 7.89. The Morgan fingerprint density at radius 1 is 1.04 bits per heavy atom. The summed E-state index contributed by atoms with van der Waals surface area (Å²) in [5.74, 6) is 1.11. The lowest BCUT2D eigenvalue weighted by Crippen LogP contribution is -2.37. The third kappa shape index (κ3) is 3.73. The van der Waals surface area contributed by atoms with Gasteiger partial charge in [0.05, 0.1) is 4.90 Å². The molecule has 0 bridgehead atoms. The standard InChI is InChI=1S/C18H17ClN4O3S/c19-15-1-3-16(4-2-15)27(24,25)23-11-7-14(8-12-23)18-21-17(22-26-18)13-5-9-20-10-6-13/h1-6,9-10,14H,7-8,11-12H2. The van der Waals surface area contributed by atoms with E-state index < -0.39 is 10.0 Å². The van der Waals surface area contributed by atoms with Crippen LogP contribution in [0.5, 0.6) is 0 Å². The molecule has 0 aliphatic carbocycles. The number of hydrogen-bond acceptors (Lipinski definition) is 6. The van der Waals surface area contributed by atoms with E-state index in [1.807, 2.05) is 12.1 Å². The summed E-state index contributed by atoms with van der Waals surface area (Å²) in [7, 11) is -3.52. The minimum atomic E-state index is -3.52. The number of hydrogen-bond donors (Lipinski definition) is 0. The van der Waals surface area contributed by atoms with Crippen LogP contribution in [0.3, 0.4) is 0 Å². The summed E-state index contributed by atoms with van der Waals surface area (Å²) in [4.78, 5) is 8.70. The van der Waals surface area contributed by atoms with Gasteiger partial charge >= 0.3 is 0 Å². The molecular weight excluding hydrogens is 388 g/mol. The van der Waals surface area contributed by atoms with Crippen LogP contribution in [0.1, 0.15) is 24.7 Å². The molecule has 1 fully saturated rings. The Kier molecular flexibility index (Phi) is 4.94. The topological polar surface area (TPSA) is 89.2 Å². The minimum absolute atomic E-state index is 0.0461. The Morgan fingerprint density at radius 3 is 2.37 bits per heavy atom. The van der Waals surface area contributed by atoms with Gasteiger partial charge in [0.15, 0.2) is 0 Å². The van der Waals surface area contributed by atoms with Crippen molar-refractivity contribution in [2.75, 3.05) is 13.1 Å². The van der Waals surface area contributed by atoms with Gasteiger partial charge in [0.25, 0.3) is 0 Å². The lowest BCUT2D eigenvalue weighted by atomic mass is 9.98. The second-order valence-electron chi connectivity index (χ2n) is 6.32. The number of sulfonamides is 1. The summed E-state index contributed by atoms with van der Waals surface area (Å²) in [5.41, 5.74) is 0.836. The zero-order valence-corrected chi connectivity index (χ0v) is 15.9. The predicted molar refractivity (Wildman–Crippen MR) is 99.7 cm³/mol. The van der Waals surface area contributed by atoms with E-state index in [9.17, 15) is 8.42 Å². The Morgan fingerprint density at radius 2 is 1.70 bits per heavy atom. The van der Waals surface area contributed by atoms with Crippen LogP contribution in [0.4, 0.5) is 0 Å². The minimum Gasteiger partial charge on any atom is -0.339 e.